The molecule has 0 unspecified atom stereocenters. The Morgan fingerprint density at radius 3 is 2.52 bits per heavy atom. The van der Waals surface area contributed by atoms with E-state index >= 15 is 0 Å². The van der Waals surface area contributed by atoms with E-state index in [1.165, 1.54) is 4.90 Å². The highest BCUT2D eigenvalue weighted by molar-refractivity contribution is 9.10. The van der Waals surface area contributed by atoms with Crippen LogP contribution in [0, 0.1) is 0 Å². The third-order valence-corrected chi connectivity index (χ3v) is 5.13. The number of nitrogens with one attached hydrogen (secondary N) is 1. The summed E-state index contributed by atoms with van der Waals surface area (Å²) in [5.74, 6) is 0.406. The Balaban J connectivity index is 1.70. The largest absolute Gasteiger partial charge is 0.488 e. The standard InChI is InChI=1S/C20H18Br2N2O3/c1-2-9-24-19(25)17(23-20(24)26)11-14-5-8-18(16(22)10-14)27-12-13-3-6-15(21)7-4-13/h3-8,10-11H,2,9,12H2,1H3,(H,23,26)/b17-11+. The lowest BCUT2D eigenvalue weighted by Gasteiger charge is -2.09. The monoisotopic (exact) mass is 492 g/mol. The van der Waals surface area contributed by atoms with E-state index in [1.54, 1.807) is 6.08 Å². The molecule has 3 amide bonds. The summed E-state index contributed by atoms with van der Waals surface area (Å²) < 4.78 is 7.65. The van der Waals surface area contributed by atoms with Crippen LogP contribution in [-0.4, -0.2) is 23.4 Å². The lowest BCUT2D eigenvalue weighted by atomic mass is 10.2. The van der Waals surface area contributed by atoms with Gasteiger partial charge in [0, 0.05) is 11.0 Å². The predicted molar refractivity (Wildman–Crippen MR) is 111 cm³/mol. The van der Waals surface area contributed by atoms with Crippen molar-refractivity contribution >= 4 is 49.9 Å². The lowest BCUT2D eigenvalue weighted by Crippen LogP contribution is -2.31. The predicted octanol–water partition coefficient (Wildman–Crippen LogP) is 5.09. The molecule has 1 heterocycles. The molecular formula is C20H18Br2N2O3. The fourth-order valence-corrected chi connectivity index (χ4v) is 3.41. The van der Waals surface area contributed by atoms with Crippen LogP contribution in [0.5, 0.6) is 5.75 Å². The number of carbonyl (C=O) groups excluding carboxylic acids is 2. The summed E-state index contributed by atoms with van der Waals surface area (Å²) in [5, 5.41) is 2.62. The van der Waals surface area contributed by atoms with Crippen LogP contribution in [0.3, 0.4) is 0 Å². The normalized spacial score (nSPS) is 15.4. The zero-order chi connectivity index (χ0) is 19.4. The minimum absolute atomic E-state index is 0.281. The summed E-state index contributed by atoms with van der Waals surface area (Å²) in [7, 11) is 0. The maximum Gasteiger partial charge on any atom is 0.329 e. The number of hydrogen-bond acceptors (Lipinski definition) is 3. The molecule has 0 bridgehead atoms. The molecule has 1 aliphatic heterocycles. The van der Waals surface area contributed by atoms with Gasteiger partial charge in [0.15, 0.2) is 0 Å². The summed E-state index contributed by atoms with van der Waals surface area (Å²) in [6.45, 7) is 2.79. The second kappa shape index (κ2) is 8.71. The van der Waals surface area contributed by atoms with E-state index in [1.807, 2.05) is 49.4 Å². The lowest BCUT2D eigenvalue weighted by molar-refractivity contribution is -0.122. The Morgan fingerprint density at radius 2 is 1.85 bits per heavy atom. The van der Waals surface area contributed by atoms with Crippen molar-refractivity contribution in [3.8, 4) is 5.75 Å². The number of ether oxygens (including phenoxy) is 1. The van der Waals surface area contributed by atoms with Crippen molar-refractivity contribution in [3.63, 3.8) is 0 Å². The Kier molecular flexibility index (Phi) is 6.34. The molecule has 0 aromatic heterocycles. The summed E-state index contributed by atoms with van der Waals surface area (Å²) >= 11 is 6.91. The van der Waals surface area contributed by atoms with Gasteiger partial charge in [0.1, 0.15) is 18.1 Å². The number of rotatable bonds is 6. The molecule has 2 aromatic rings. The van der Waals surface area contributed by atoms with E-state index in [-0.39, 0.29) is 17.6 Å². The molecule has 3 rings (SSSR count). The van der Waals surface area contributed by atoms with E-state index in [9.17, 15) is 9.59 Å². The Hall–Kier alpha value is -2.12. The third-order valence-electron chi connectivity index (χ3n) is 3.98. The molecule has 2 aromatic carbocycles. The molecule has 1 aliphatic rings. The molecule has 0 spiro atoms. The smallest absolute Gasteiger partial charge is 0.329 e. The van der Waals surface area contributed by atoms with E-state index in [0.29, 0.717) is 18.9 Å². The highest BCUT2D eigenvalue weighted by Gasteiger charge is 2.32. The fraction of sp³-hybridized carbons (Fsp3) is 0.200. The minimum Gasteiger partial charge on any atom is -0.488 e. The molecule has 0 saturated carbocycles. The number of amides is 3. The first kappa shape index (κ1) is 19.6. The zero-order valence-electron chi connectivity index (χ0n) is 14.7. The first-order valence-corrected chi connectivity index (χ1v) is 10.1. The highest BCUT2D eigenvalue weighted by Crippen LogP contribution is 2.28. The number of halogens is 2. The second-order valence-corrected chi connectivity index (χ2v) is 7.82. The van der Waals surface area contributed by atoms with Gasteiger partial charge in [-0.3, -0.25) is 9.69 Å². The molecule has 140 valence electrons. The molecule has 0 radical (unpaired) electrons. The van der Waals surface area contributed by atoms with Gasteiger partial charge in [-0.2, -0.15) is 0 Å². The number of imide groups is 1. The topological polar surface area (TPSA) is 58.6 Å². The summed E-state index contributed by atoms with van der Waals surface area (Å²) in [5.41, 5.74) is 2.13. The van der Waals surface area contributed by atoms with Gasteiger partial charge >= 0.3 is 6.03 Å². The van der Waals surface area contributed by atoms with Gasteiger partial charge in [0.25, 0.3) is 5.91 Å². The van der Waals surface area contributed by atoms with Crippen molar-refractivity contribution in [1.29, 1.82) is 0 Å². The van der Waals surface area contributed by atoms with Crippen LogP contribution in [0.15, 0.2) is 57.1 Å². The molecule has 1 N–H and O–H groups in total. The molecular weight excluding hydrogens is 476 g/mol. The Morgan fingerprint density at radius 1 is 1.11 bits per heavy atom. The van der Waals surface area contributed by atoms with Crippen molar-refractivity contribution in [1.82, 2.24) is 10.2 Å². The Labute approximate surface area is 174 Å². The first-order valence-electron chi connectivity index (χ1n) is 8.49. The molecule has 1 saturated heterocycles. The minimum atomic E-state index is -0.374. The molecule has 7 heteroatoms. The third kappa shape index (κ3) is 4.78. The van der Waals surface area contributed by atoms with Crippen LogP contribution in [0.25, 0.3) is 6.08 Å². The van der Waals surface area contributed by atoms with Gasteiger partial charge in [-0.05, 0) is 63.8 Å². The highest BCUT2D eigenvalue weighted by atomic mass is 79.9. The van der Waals surface area contributed by atoms with E-state index < -0.39 is 0 Å². The van der Waals surface area contributed by atoms with Gasteiger partial charge in [0.05, 0.1) is 4.47 Å². The van der Waals surface area contributed by atoms with Crippen LogP contribution in [0.1, 0.15) is 24.5 Å². The Bertz CT molecular complexity index is 895. The summed E-state index contributed by atoms with van der Waals surface area (Å²) in [6.07, 6.45) is 2.39. The van der Waals surface area contributed by atoms with Crippen LogP contribution < -0.4 is 10.1 Å². The average molecular weight is 494 g/mol. The number of carbonyl (C=O) groups is 2. The van der Waals surface area contributed by atoms with Crippen LogP contribution in [-0.2, 0) is 11.4 Å². The summed E-state index contributed by atoms with van der Waals surface area (Å²) in [6, 6.07) is 13.1. The fourth-order valence-electron chi connectivity index (χ4n) is 2.63. The van der Waals surface area contributed by atoms with Gasteiger partial charge in [-0.25, -0.2) is 4.79 Å². The molecule has 0 aliphatic carbocycles. The SMILES string of the molecule is CCCN1C(=O)N/C(=C/c2ccc(OCc3ccc(Br)cc3)c(Br)c2)C1=O. The quantitative estimate of drug-likeness (QED) is 0.450. The van der Waals surface area contributed by atoms with Crippen LogP contribution in [0.2, 0.25) is 0 Å². The van der Waals surface area contributed by atoms with Gasteiger partial charge in [0.2, 0.25) is 0 Å². The number of nitrogens with zero attached hydrogens (tertiary/aromatic N) is 1. The molecule has 0 atom stereocenters. The van der Waals surface area contributed by atoms with Crippen molar-refractivity contribution in [3.05, 3.63) is 68.2 Å². The maximum atomic E-state index is 12.3. The van der Waals surface area contributed by atoms with Crippen molar-refractivity contribution in [2.45, 2.75) is 20.0 Å². The number of benzene rings is 2. The van der Waals surface area contributed by atoms with E-state index in [0.717, 1.165) is 26.5 Å². The first-order chi connectivity index (χ1) is 13.0. The van der Waals surface area contributed by atoms with Crippen LogP contribution >= 0.6 is 31.9 Å². The van der Waals surface area contributed by atoms with Gasteiger partial charge < -0.3 is 10.1 Å². The number of urea groups is 1. The maximum absolute atomic E-state index is 12.3. The van der Waals surface area contributed by atoms with E-state index in [4.69, 9.17) is 4.74 Å². The molecule has 27 heavy (non-hydrogen) atoms. The average Bonchev–Trinajstić information content (AvgIpc) is 2.90. The molecule has 1 fully saturated rings. The molecule has 5 nitrogen and oxygen atoms in total. The van der Waals surface area contributed by atoms with Crippen molar-refractivity contribution < 1.29 is 14.3 Å². The second-order valence-electron chi connectivity index (χ2n) is 6.05. The number of hydrogen-bond donors (Lipinski definition) is 1. The van der Waals surface area contributed by atoms with Crippen molar-refractivity contribution in [2.24, 2.45) is 0 Å². The van der Waals surface area contributed by atoms with Crippen LogP contribution in [0.4, 0.5) is 4.79 Å². The summed E-state index contributed by atoms with van der Waals surface area (Å²) in [4.78, 5) is 25.4. The van der Waals surface area contributed by atoms with E-state index in [2.05, 4.69) is 37.2 Å². The van der Waals surface area contributed by atoms with Crippen molar-refractivity contribution in [2.75, 3.05) is 6.54 Å². The van der Waals surface area contributed by atoms with Gasteiger partial charge in [-0.1, -0.05) is 41.1 Å². The zero-order valence-corrected chi connectivity index (χ0v) is 17.8. The van der Waals surface area contributed by atoms with Gasteiger partial charge in [-0.15, -0.1) is 0 Å².